The van der Waals surface area contributed by atoms with Crippen molar-refractivity contribution in [1.29, 1.82) is 0 Å². The van der Waals surface area contributed by atoms with Crippen LogP contribution in [0.1, 0.15) is 80.1 Å². The van der Waals surface area contributed by atoms with Crippen LogP contribution in [-0.2, 0) is 24.3 Å². The van der Waals surface area contributed by atoms with Crippen LogP contribution in [0.15, 0.2) is 71.3 Å². The second kappa shape index (κ2) is 14.0. The van der Waals surface area contributed by atoms with Crippen molar-refractivity contribution in [3.8, 4) is 0 Å². The van der Waals surface area contributed by atoms with Gasteiger partial charge in [0.1, 0.15) is 6.54 Å². The minimum Gasteiger partial charge on any atom is -0.345 e. The highest BCUT2D eigenvalue weighted by Crippen LogP contribution is 2.25. The maximum atomic E-state index is 14.0. The summed E-state index contributed by atoms with van der Waals surface area (Å²) in [5.74, 6) is 0.238. The minimum absolute atomic E-state index is 0.0393. The van der Waals surface area contributed by atoms with E-state index in [0.717, 1.165) is 48.8 Å². The van der Waals surface area contributed by atoms with E-state index in [2.05, 4.69) is 88.8 Å². The first kappa shape index (κ1) is 29.1. The molecule has 0 spiro atoms. The summed E-state index contributed by atoms with van der Waals surface area (Å²) in [7, 11) is 0. The summed E-state index contributed by atoms with van der Waals surface area (Å²) in [6, 6.07) is 20.6. The van der Waals surface area contributed by atoms with Crippen LogP contribution in [0.4, 0.5) is 0 Å². The molecule has 0 saturated heterocycles. The molecule has 1 heterocycles. The highest BCUT2D eigenvalue weighted by molar-refractivity contribution is 9.10. The Morgan fingerprint density at radius 2 is 1.62 bits per heavy atom. The Labute approximate surface area is 242 Å². The zero-order valence-electron chi connectivity index (χ0n) is 23.6. The van der Waals surface area contributed by atoms with Gasteiger partial charge < -0.3 is 14.4 Å². The fourth-order valence-electron chi connectivity index (χ4n) is 5.50. The summed E-state index contributed by atoms with van der Waals surface area (Å²) in [5.41, 5.74) is 4.18. The van der Waals surface area contributed by atoms with Crippen molar-refractivity contribution in [3.05, 3.63) is 93.7 Å². The molecule has 1 aromatic heterocycles. The average molecular weight is 593 g/mol. The third kappa shape index (κ3) is 8.07. The van der Waals surface area contributed by atoms with E-state index in [1.165, 1.54) is 17.5 Å². The Hall–Kier alpha value is -2.86. The summed E-state index contributed by atoms with van der Waals surface area (Å²) in [4.78, 5) is 31.4. The molecule has 0 N–H and O–H groups in total. The van der Waals surface area contributed by atoms with Gasteiger partial charge in [-0.1, -0.05) is 80.2 Å². The fourth-order valence-corrected chi connectivity index (χ4v) is 5.77. The van der Waals surface area contributed by atoms with Gasteiger partial charge in [0.25, 0.3) is 5.91 Å². The van der Waals surface area contributed by atoms with Crippen LogP contribution in [0.25, 0.3) is 0 Å². The molecule has 3 aromatic rings. The van der Waals surface area contributed by atoms with Gasteiger partial charge in [-0.15, -0.1) is 0 Å². The first-order chi connectivity index (χ1) is 18.8. The van der Waals surface area contributed by atoms with E-state index in [1.807, 2.05) is 24.3 Å². The number of aryl methyl sites for hydroxylation is 1. The van der Waals surface area contributed by atoms with Crippen molar-refractivity contribution in [2.45, 2.75) is 78.4 Å². The number of amides is 2. The molecule has 6 heteroatoms. The lowest BCUT2D eigenvalue weighted by Gasteiger charge is -2.36. The molecule has 5 nitrogen and oxygen atoms in total. The molecule has 0 radical (unpaired) electrons. The largest absolute Gasteiger partial charge is 0.345 e. The Balaban J connectivity index is 1.54. The SMILES string of the molecule is CCc1ccc(C(=O)N(CC(=O)N(Cc2cccn2Cc2ccc(Br)cc2)C2CCCCC2)CC(C)C)cc1. The van der Waals surface area contributed by atoms with Gasteiger partial charge in [0.15, 0.2) is 0 Å². The molecule has 1 aliphatic carbocycles. The highest BCUT2D eigenvalue weighted by atomic mass is 79.9. The average Bonchev–Trinajstić information content (AvgIpc) is 3.38. The van der Waals surface area contributed by atoms with Gasteiger partial charge in [-0.2, -0.15) is 0 Å². The van der Waals surface area contributed by atoms with Crippen molar-refractivity contribution in [1.82, 2.24) is 14.4 Å². The standard InChI is InChI=1S/C33H42BrN3O2/c1-4-26-12-16-28(17-13-26)33(39)36(21-25(2)3)24-32(38)37(30-9-6-5-7-10-30)23-31-11-8-20-35(31)22-27-14-18-29(34)19-15-27/h8,11-20,25,30H,4-7,9-10,21-24H2,1-3H3. The van der Waals surface area contributed by atoms with E-state index < -0.39 is 0 Å². The predicted molar refractivity (Wildman–Crippen MR) is 162 cm³/mol. The first-order valence-electron chi connectivity index (χ1n) is 14.4. The van der Waals surface area contributed by atoms with E-state index >= 15 is 0 Å². The van der Waals surface area contributed by atoms with Crippen molar-refractivity contribution in [2.24, 2.45) is 5.92 Å². The predicted octanol–water partition coefficient (Wildman–Crippen LogP) is 7.32. The second-order valence-corrected chi connectivity index (χ2v) is 12.1. The number of carbonyl (C=O) groups is 2. The zero-order chi connectivity index (χ0) is 27.8. The van der Waals surface area contributed by atoms with Crippen LogP contribution in [0, 0.1) is 5.92 Å². The fraction of sp³-hybridized carbons (Fsp3) is 0.455. The topological polar surface area (TPSA) is 45.6 Å². The van der Waals surface area contributed by atoms with E-state index in [9.17, 15) is 9.59 Å². The number of benzene rings is 2. The van der Waals surface area contributed by atoms with Crippen molar-refractivity contribution in [3.63, 3.8) is 0 Å². The second-order valence-electron chi connectivity index (χ2n) is 11.2. The molecule has 208 valence electrons. The van der Waals surface area contributed by atoms with Crippen molar-refractivity contribution < 1.29 is 9.59 Å². The van der Waals surface area contributed by atoms with E-state index in [-0.39, 0.29) is 30.3 Å². The van der Waals surface area contributed by atoms with Gasteiger partial charge in [0.05, 0.1) is 6.54 Å². The molecule has 0 atom stereocenters. The normalized spacial score (nSPS) is 14.0. The highest BCUT2D eigenvalue weighted by Gasteiger charge is 2.29. The summed E-state index contributed by atoms with van der Waals surface area (Å²) in [6.07, 6.45) is 8.59. The van der Waals surface area contributed by atoms with Gasteiger partial charge in [-0.3, -0.25) is 9.59 Å². The number of rotatable bonds is 11. The van der Waals surface area contributed by atoms with Crippen LogP contribution < -0.4 is 0 Å². The molecule has 1 aliphatic rings. The molecule has 0 aliphatic heterocycles. The van der Waals surface area contributed by atoms with E-state index in [0.29, 0.717) is 18.7 Å². The van der Waals surface area contributed by atoms with Gasteiger partial charge in [-0.25, -0.2) is 0 Å². The van der Waals surface area contributed by atoms with Crippen molar-refractivity contribution >= 4 is 27.7 Å². The van der Waals surface area contributed by atoms with Crippen LogP contribution in [-0.4, -0.2) is 45.3 Å². The number of aromatic nitrogens is 1. The lowest BCUT2D eigenvalue weighted by Crippen LogP contribution is -2.48. The molecular formula is C33H42BrN3O2. The molecule has 2 amide bonds. The zero-order valence-corrected chi connectivity index (χ0v) is 25.2. The number of hydrogen-bond acceptors (Lipinski definition) is 2. The molecule has 39 heavy (non-hydrogen) atoms. The number of nitrogens with zero attached hydrogens (tertiary/aromatic N) is 3. The minimum atomic E-state index is -0.0677. The molecular weight excluding hydrogens is 550 g/mol. The lowest BCUT2D eigenvalue weighted by atomic mass is 9.94. The van der Waals surface area contributed by atoms with Crippen molar-refractivity contribution in [2.75, 3.05) is 13.1 Å². The maximum Gasteiger partial charge on any atom is 0.254 e. The Bertz CT molecular complexity index is 1210. The Morgan fingerprint density at radius 3 is 2.26 bits per heavy atom. The van der Waals surface area contributed by atoms with Crippen LogP contribution in [0.2, 0.25) is 0 Å². The van der Waals surface area contributed by atoms with Crippen LogP contribution in [0.3, 0.4) is 0 Å². The molecule has 1 fully saturated rings. The molecule has 4 rings (SSSR count). The smallest absolute Gasteiger partial charge is 0.254 e. The van der Waals surface area contributed by atoms with Gasteiger partial charge in [0.2, 0.25) is 5.91 Å². The first-order valence-corrected chi connectivity index (χ1v) is 15.2. The molecule has 0 unspecified atom stereocenters. The monoisotopic (exact) mass is 591 g/mol. The summed E-state index contributed by atoms with van der Waals surface area (Å²) < 4.78 is 3.30. The summed E-state index contributed by atoms with van der Waals surface area (Å²) in [6.45, 7) is 8.28. The van der Waals surface area contributed by atoms with E-state index in [4.69, 9.17) is 0 Å². The number of hydrogen-bond donors (Lipinski definition) is 0. The van der Waals surface area contributed by atoms with Crippen LogP contribution >= 0.6 is 15.9 Å². The Morgan fingerprint density at radius 1 is 0.949 bits per heavy atom. The third-order valence-corrected chi connectivity index (χ3v) is 8.19. The number of carbonyl (C=O) groups excluding carboxylic acids is 2. The molecule has 1 saturated carbocycles. The van der Waals surface area contributed by atoms with Gasteiger partial charge in [0, 0.05) is 41.1 Å². The van der Waals surface area contributed by atoms with Crippen LogP contribution in [0.5, 0.6) is 0 Å². The lowest BCUT2D eigenvalue weighted by molar-refractivity contribution is -0.135. The Kier molecular flexibility index (Phi) is 10.4. The third-order valence-electron chi connectivity index (χ3n) is 7.67. The maximum absolute atomic E-state index is 14.0. The molecule has 2 aromatic carbocycles. The summed E-state index contributed by atoms with van der Waals surface area (Å²) in [5, 5.41) is 0. The molecule has 0 bridgehead atoms. The number of halogens is 1. The van der Waals surface area contributed by atoms with E-state index in [1.54, 1.807) is 4.90 Å². The quantitative estimate of drug-likeness (QED) is 0.234. The van der Waals surface area contributed by atoms with Gasteiger partial charge >= 0.3 is 0 Å². The van der Waals surface area contributed by atoms with Gasteiger partial charge in [-0.05, 0) is 72.7 Å². The summed E-state index contributed by atoms with van der Waals surface area (Å²) >= 11 is 3.52.